The predicted octanol–water partition coefficient (Wildman–Crippen LogP) is 5.54. The maximum atomic E-state index is 12.3. The third-order valence-electron chi connectivity index (χ3n) is 4.12. The molecule has 0 saturated heterocycles. The maximum Gasteiger partial charge on any atom is 0.345 e. The number of aromatic nitrogens is 1. The maximum absolute atomic E-state index is 12.3. The number of thiazole rings is 1. The molecule has 2 aromatic carbocycles. The van der Waals surface area contributed by atoms with E-state index in [1.807, 2.05) is 60.7 Å². The van der Waals surface area contributed by atoms with E-state index < -0.39 is 5.63 Å². The van der Waals surface area contributed by atoms with Gasteiger partial charge in [0.2, 0.25) is 0 Å². The van der Waals surface area contributed by atoms with Crippen molar-refractivity contribution in [2.75, 3.05) is 0 Å². The van der Waals surface area contributed by atoms with Crippen LogP contribution in [0.2, 0.25) is 0 Å². The molecule has 0 amide bonds. The molecule has 0 spiro atoms. The lowest BCUT2D eigenvalue weighted by Gasteiger charge is -1.99. The molecule has 4 aromatic rings. The van der Waals surface area contributed by atoms with Crippen molar-refractivity contribution in [1.82, 2.24) is 4.98 Å². The van der Waals surface area contributed by atoms with Gasteiger partial charge < -0.3 is 4.42 Å². The Hall–Kier alpha value is -3.75. The van der Waals surface area contributed by atoms with E-state index in [2.05, 4.69) is 11.1 Å². The molecule has 0 aliphatic carbocycles. The molecule has 0 atom stereocenters. The largest absolute Gasteiger partial charge is 0.422 e. The molecule has 0 bridgehead atoms. The molecule has 28 heavy (non-hydrogen) atoms. The lowest BCUT2D eigenvalue weighted by atomic mass is 10.1. The van der Waals surface area contributed by atoms with Crippen molar-refractivity contribution in [3.63, 3.8) is 0 Å². The van der Waals surface area contributed by atoms with Gasteiger partial charge in [-0.1, -0.05) is 60.7 Å². The van der Waals surface area contributed by atoms with Crippen molar-refractivity contribution >= 4 is 34.0 Å². The van der Waals surface area contributed by atoms with E-state index in [0.717, 1.165) is 10.9 Å². The highest BCUT2D eigenvalue weighted by Crippen LogP contribution is 2.26. The van der Waals surface area contributed by atoms with Gasteiger partial charge in [-0.05, 0) is 23.8 Å². The molecule has 4 nitrogen and oxygen atoms in total. The van der Waals surface area contributed by atoms with Crippen molar-refractivity contribution in [3.05, 3.63) is 99.2 Å². The molecule has 4 rings (SSSR count). The molecule has 134 valence electrons. The van der Waals surface area contributed by atoms with Crippen molar-refractivity contribution in [1.29, 1.82) is 5.26 Å². The summed E-state index contributed by atoms with van der Waals surface area (Å²) in [5.74, 6) is 0. The van der Waals surface area contributed by atoms with Crippen LogP contribution in [0.25, 0.3) is 33.9 Å². The minimum atomic E-state index is -0.443. The quantitative estimate of drug-likeness (QED) is 0.264. The van der Waals surface area contributed by atoms with E-state index in [0.29, 0.717) is 27.4 Å². The third-order valence-corrected chi connectivity index (χ3v) is 5.00. The summed E-state index contributed by atoms with van der Waals surface area (Å²) in [5.41, 5.74) is 2.47. The second-order valence-corrected chi connectivity index (χ2v) is 6.84. The summed E-state index contributed by atoms with van der Waals surface area (Å²) < 4.78 is 5.38. The van der Waals surface area contributed by atoms with Crippen LogP contribution in [0, 0.1) is 11.3 Å². The third kappa shape index (κ3) is 3.68. The zero-order valence-electron chi connectivity index (χ0n) is 14.7. The fraction of sp³-hybridized carbons (Fsp3) is 0. The average molecular weight is 382 g/mol. The molecular formula is C23H14N2O2S. The van der Waals surface area contributed by atoms with E-state index in [-0.39, 0.29) is 0 Å². The monoisotopic (exact) mass is 382 g/mol. The number of hydrogen-bond acceptors (Lipinski definition) is 5. The highest BCUT2D eigenvalue weighted by molar-refractivity contribution is 7.11. The van der Waals surface area contributed by atoms with Crippen LogP contribution < -0.4 is 5.63 Å². The van der Waals surface area contributed by atoms with Gasteiger partial charge >= 0.3 is 5.63 Å². The fourth-order valence-corrected chi connectivity index (χ4v) is 3.53. The van der Waals surface area contributed by atoms with E-state index in [1.54, 1.807) is 23.6 Å². The summed E-state index contributed by atoms with van der Waals surface area (Å²) in [4.78, 5) is 16.8. The summed E-state index contributed by atoms with van der Waals surface area (Å²) in [5, 5.41) is 12.6. The Morgan fingerprint density at radius 2 is 1.89 bits per heavy atom. The van der Waals surface area contributed by atoms with E-state index in [9.17, 15) is 10.1 Å². The highest BCUT2D eigenvalue weighted by atomic mass is 32.1. The number of hydrogen-bond donors (Lipinski definition) is 0. The second-order valence-electron chi connectivity index (χ2n) is 5.99. The van der Waals surface area contributed by atoms with Crippen molar-refractivity contribution in [3.8, 4) is 17.3 Å². The number of fused-ring (bicyclic) bond motifs is 1. The first-order valence-electron chi connectivity index (χ1n) is 8.57. The van der Waals surface area contributed by atoms with Gasteiger partial charge in [0.1, 0.15) is 16.7 Å². The molecule has 0 aliphatic heterocycles. The number of allylic oxidation sites excluding steroid dienone is 3. The molecule has 0 radical (unpaired) electrons. The lowest BCUT2D eigenvalue weighted by Crippen LogP contribution is -2.02. The summed E-state index contributed by atoms with van der Waals surface area (Å²) in [7, 11) is 0. The van der Waals surface area contributed by atoms with Gasteiger partial charge in [0, 0.05) is 10.8 Å². The van der Waals surface area contributed by atoms with Crippen LogP contribution in [0.5, 0.6) is 0 Å². The minimum Gasteiger partial charge on any atom is -0.422 e. The smallest absolute Gasteiger partial charge is 0.345 e. The van der Waals surface area contributed by atoms with Crippen LogP contribution in [-0.4, -0.2) is 4.98 Å². The Balaban J connectivity index is 1.66. The highest BCUT2D eigenvalue weighted by Gasteiger charge is 2.13. The predicted molar refractivity (Wildman–Crippen MR) is 113 cm³/mol. The fourth-order valence-electron chi connectivity index (χ4n) is 2.74. The van der Waals surface area contributed by atoms with Gasteiger partial charge in [-0.3, -0.25) is 0 Å². The summed E-state index contributed by atoms with van der Waals surface area (Å²) in [6.45, 7) is 0. The van der Waals surface area contributed by atoms with Crippen LogP contribution in [-0.2, 0) is 0 Å². The Morgan fingerprint density at radius 1 is 1.11 bits per heavy atom. The zero-order valence-corrected chi connectivity index (χ0v) is 15.5. The molecule has 2 aromatic heterocycles. The van der Waals surface area contributed by atoms with Crippen LogP contribution >= 0.6 is 11.3 Å². The summed E-state index contributed by atoms with van der Waals surface area (Å²) in [6, 6.07) is 21.1. The summed E-state index contributed by atoms with van der Waals surface area (Å²) in [6.07, 6.45) is 5.46. The zero-order chi connectivity index (χ0) is 19.3. The van der Waals surface area contributed by atoms with Crippen LogP contribution in [0.3, 0.4) is 0 Å². The molecule has 5 heteroatoms. The standard InChI is InChI=1S/C23H14N2O2S/c24-14-18(11-6-9-16-7-2-1-3-8-16)22-25-20(15-28-22)19-13-17-10-4-5-12-21(17)27-23(19)26/h1-13,15H. The van der Waals surface area contributed by atoms with Crippen molar-refractivity contribution in [2.24, 2.45) is 0 Å². The topological polar surface area (TPSA) is 66.9 Å². The Labute approximate surface area is 165 Å². The first-order valence-corrected chi connectivity index (χ1v) is 9.45. The Morgan fingerprint density at radius 3 is 2.71 bits per heavy atom. The van der Waals surface area contributed by atoms with Crippen LogP contribution in [0.15, 0.2) is 87.4 Å². The number of para-hydroxylation sites is 1. The number of nitrogens with zero attached hydrogens (tertiary/aromatic N) is 2. The summed E-state index contributed by atoms with van der Waals surface area (Å²) >= 11 is 1.32. The van der Waals surface area contributed by atoms with Gasteiger partial charge in [-0.2, -0.15) is 5.26 Å². The van der Waals surface area contributed by atoms with Crippen LogP contribution in [0.4, 0.5) is 0 Å². The molecular weight excluding hydrogens is 368 g/mol. The van der Waals surface area contributed by atoms with Gasteiger partial charge in [0.15, 0.2) is 0 Å². The van der Waals surface area contributed by atoms with Gasteiger partial charge in [0.05, 0.1) is 16.8 Å². The Bertz CT molecular complexity index is 1290. The van der Waals surface area contributed by atoms with Crippen LogP contribution in [0.1, 0.15) is 10.6 Å². The Kier molecular flexibility index (Phi) is 4.96. The molecule has 0 aliphatic rings. The first kappa shape index (κ1) is 17.7. The molecule has 0 saturated carbocycles. The number of rotatable bonds is 4. The molecule has 2 heterocycles. The van der Waals surface area contributed by atoms with Gasteiger partial charge in [0.25, 0.3) is 0 Å². The minimum absolute atomic E-state index is 0.387. The second kappa shape index (κ2) is 7.87. The average Bonchev–Trinajstić information content (AvgIpc) is 3.21. The van der Waals surface area contributed by atoms with Gasteiger partial charge in [-0.15, -0.1) is 11.3 Å². The van der Waals surface area contributed by atoms with E-state index in [1.165, 1.54) is 11.3 Å². The number of benzene rings is 2. The van der Waals surface area contributed by atoms with E-state index in [4.69, 9.17) is 4.42 Å². The molecule has 0 unspecified atom stereocenters. The lowest BCUT2D eigenvalue weighted by molar-refractivity contribution is 0.563. The SMILES string of the molecule is N#CC(=CC=Cc1ccccc1)c1nc(-c2cc3ccccc3oc2=O)cs1. The van der Waals surface area contributed by atoms with Gasteiger partial charge in [-0.25, -0.2) is 9.78 Å². The normalized spacial score (nSPS) is 11.8. The van der Waals surface area contributed by atoms with E-state index >= 15 is 0 Å². The van der Waals surface area contributed by atoms with Crippen molar-refractivity contribution in [2.45, 2.75) is 0 Å². The first-order chi connectivity index (χ1) is 13.7. The van der Waals surface area contributed by atoms with Crippen molar-refractivity contribution < 1.29 is 4.42 Å². The number of nitriles is 1. The molecule has 0 fully saturated rings. The molecule has 0 N–H and O–H groups in total.